The second-order valence-electron chi connectivity index (χ2n) is 6.25. The number of aromatic amines is 1. The van der Waals surface area contributed by atoms with Crippen LogP contribution in [0.3, 0.4) is 0 Å². The molecule has 1 aromatic carbocycles. The smallest absolute Gasteiger partial charge is 0.332 e. The lowest BCUT2D eigenvalue weighted by molar-refractivity contribution is 0.389. The molecule has 0 amide bonds. The monoisotopic (exact) mass is 358 g/mol. The fourth-order valence-corrected chi connectivity index (χ4v) is 3.34. The molecule has 130 valence electrons. The van der Waals surface area contributed by atoms with Gasteiger partial charge in [-0.1, -0.05) is 17.7 Å². The third-order valence-corrected chi connectivity index (χ3v) is 4.73. The lowest BCUT2D eigenvalue weighted by atomic mass is 9.98. The van der Waals surface area contributed by atoms with Crippen molar-refractivity contribution in [1.82, 2.24) is 24.8 Å². The van der Waals surface area contributed by atoms with Crippen molar-refractivity contribution in [3.05, 3.63) is 46.0 Å². The van der Waals surface area contributed by atoms with Crippen molar-refractivity contribution in [2.24, 2.45) is 5.92 Å². The summed E-state index contributed by atoms with van der Waals surface area (Å²) in [4.78, 5) is 24.0. The molecule has 2 aromatic heterocycles. The van der Waals surface area contributed by atoms with Crippen LogP contribution in [0, 0.1) is 5.92 Å². The predicted octanol–water partition coefficient (Wildman–Crippen LogP) is 2.17. The predicted molar refractivity (Wildman–Crippen MR) is 98.6 cm³/mol. The summed E-state index contributed by atoms with van der Waals surface area (Å²) in [6.45, 7) is 2.94. The molecule has 0 bridgehead atoms. The van der Waals surface area contributed by atoms with E-state index in [-0.39, 0.29) is 5.69 Å². The molecule has 0 spiro atoms. The van der Waals surface area contributed by atoms with Gasteiger partial charge in [-0.15, -0.1) is 0 Å². The van der Waals surface area contributed by atoms with E-state index in [0.29, 0.717) is 33.7 Å². The van der Waals surface area contributed by atoms with Gasteiger partial charge in [0.1, 0.15) is 5.52 Å². The lowest BCUT2D eigenvalue weighted by Crippen LogP contribution is -2.31. The highest BCUT2D eigenvalue weighted by atomic mass is 35.5. The Morgan fingerprint density at radius 1 is 1.32 bits per heavy atom. The summed E-state index contributed by atoms with van der Waals surface area (Å²) in [6, 6.07) is 7.14. The van der Waals surface area contributed by atoms with Crippen molar-refractivity contribution in [1.29, 1.82) is 0 Å². The third-order valence-electron chi connectivity index (χ3n) is 4.50. The van der Waals surface area contributed by atoms with E-state index >= 15 is 0 Å². The number of imidazole rings is 1. The van der Waals surface area contributed by atoms with Crippen molar-refractivity contribution in [3.8, 4) is 5.69 Å². The van der Waals surface area contributed by atoms with Crippen molar-refractivity contribution < 1.29 is 0 Å². The molecule has 3 aromatic rings. The summed E-state index contributed by atoms with van der Waals surface area (Å²) >= 11 is 6.06. The number of fused-ring (bicyclic) bond motifs is 1. The van der Waals surface area contributed by atoms with Crippen LogP contribution in [0.15, 0.2) is 35.3 Å². The number of H-pyrrole nitrogens is 1. The van der Waals surface area contributed by atoms with E-state index in [4.69, 9.17) is 11.6 Å². The Labute approximate surface area is 149 Å². The van der Waals surface area contributed by atoms with E-state index in [1.165, 1.54) is 4.57 Å². The number of nitrogens with one attached hydrogen (secondary N) is 3. The molecule has 3 N–H and O–H groups in total. The van der Waals surface area contributed by atoms with E-state index in [9.17, 15) is 4.79 Å². The van der Waals surface area contributed by atoms with Gasteiger partial charge in [-0.05, 0) is 50.0 Å². The van der Waals surface area contributed by atoms with Crippen LogP contribution in [0.1, 0.15) is 12.8 Å². The van der Waals surface area contributed by atoms with Gasteiger partial charge in [0.15, 0.2) is 5.65 Å². The zero-order valence-electron chi connectivity index (χ0n) is 13.6. The molecule has 0 aliphatic carbocycles. The number of aromatic nitrogens is 4. The van der Waals surface area contributed by atoms with Crippen LogP contribution >= 0.6 is 11.6 Å². The van der Waals surface area contributed by atoms with Crippen LogP contribution in [0.2, 0.25) is 5.02 Å². The molecule has 1 fully saturated rings. The summed E-state index contributed by atoms with van der Waals surface area (Å²) in [5, 5.41) is 7.23. The maximum absolute atomic E-state index is 12.3. The van der Waals surface area contributed by atoms with E-state index < -0.39 is 0 Å². The molecule has 7 nitrogen and oxygen atoms in total. The molecule has 3 heterocycles. The van der Waals surface area contributed by atoms with E-state index in [2.05, 4.69) is 25.6 Å². The van der Waals surface area contributed by atoms with Gasteiger partial charge >= 0.3 is 5.69 Å². The summed E-state index contributed by atoms with van der Waals surface area (Å²) in [7, 11) is 0. The molecule has 8 heteroatoms. The molecular weight excluding hydrogens is 340 g/mol. The van der Waals surface area contributed by atoms with Gasteiger partial charge in [0.25, 0.3) is 0 Å². The maximum Gasteiger partial charge on any atom is 0.332 e. The molecule has 25 heavy (non-hydrogen) atoms. The van der Waals surface area contributed by atoms with Gasteiger partial charge in [-0.3, -0.25) is 0 Å². The topological polar surface area (TPSA) is 87.6 Å². The zero-order valence-corrected chi connectivity index (χ0v) is 14.4. The molecule has 0 saturated carbocycles. The number of rotatable bonds is 4. The van der Waals surface area contributed by atoms with Crippen LogP contribution in [0.4, 0.5) is 5.95 Å². The minimum atomic E-state index is -0.262. The first-order valence-electron chi connectivity index (χ1n) is 8.39. The average Bonchev–Trinajstić information content (AvgIpc) is 2.96. The Hall–Kier alpha value is -2.38. The van der Waals surface area contributed by atoms with Gasteiger partial charge in [0.05, 0.1) is 11.9 Å². The van der Waals surface area contributed by atoms with Gasteiger partial charge in [-0.2, -0.15) is 4.98 Å². The fourth-order valence-electron chi connectivity index (χ4n) is 3.16. The quantitative estimate of drug-likeness (QED) is 0.665. The summed E-state index contributed by atoms with van der Waals surface area (Å²) in [6.07, 6.45) is 3.93. The minimum Gasteiger partial charge on any atom is -0.354 e. The fraction of sp³-hybridized carbons (Fsp3) is 0.353. The first-order chi connectivity index (χ1) is 12.2. The summed E-state index contributed by atoms with van der Waals surface area (Å²) in [5.74, 6) is 1.14. The normalized spacial score (nSPS) is 15.6. The Morgan fingerprint density at radius 3 is 2.96 bits per heavy atom. The average molecular weight is 359 g/mol. The maximum atomic E-state index is 12.3. The minimum absolute atomic E-state index is 0.262. The van der Waals surface area contributed by atoms with Crippen LogP contribution < -0.4 is 16.3 Å². The number of halogens is 1. The highest BCUT2D eigenvalue weighted by Crippen LogP contribution is 2.18. The Bertz CT molecular complexity index is 944. The highest BCUT2D eigenvalue weighted by molar-refractivity contribution is 6.30. The molecule has 0 unspecified atom stereocenters. The number of hydrogen-bond donors (Lipinski definition) is 3. The molecular formula is C17H19ClN6O. The highest BCUT2D eigenvalue weighted by Gasteiger charge is 2.15. The standard InChI is InChI=1S/C17H19ClN6O/c18-12-2-1-3-13(8-12)24-15-14(22-17(24)25)10-21-16(23-15)20-9-11-4-6-19-7-5-11/h1-3,8,10-11,19H,4-7,9H2,(H,22,25)(H,20,21,23). The van der Waals surface area contributed by atoms with Gasteiger partial charge in [0, 0.05) is 11.6 Å². The summed E-state index contributed by atoms with van der Waals surface area (Å²) < 4.78 is 1.51. The molecule has 4 rings (SSSR count). The number of hydrogen-bond acceptors (Lipinski definition) is 5. The number of benzene rings is 1. The number of nitrogens with zero attached hydrogens (tertiary/aromatic N) is 3. The third kappa shape index (κ3) is 3.38. The Balaban J connectivity index is 1.65. The molecule has 0 atom stereocenters. The second kappa shape index (κ2) is 6.85. The largest absolute Gasteiger partial charge is 0.354 e. The van der Waals surface area contributed by atoms with E-state index in [1.807, 2.05) is 6.07 Å². The van der Waals surface area contributed by atoms with Crippen LogP contribution in [0.25, 0.3) is 16.9 Å². The molecule has 0 radical (unpaired) electrons. The van der Waals surface area contributed by atoms with Crippen LogP contribution in [-0.2, 0) is 0 Å². The first-order valence-corrected chi connectivity index (χ1v) is 8.77. The first kappa shape index (κ1) is 16.1. The van der Waals surface area contributed by atoms with E-state index in [0.717, 1.165) is 32.5 Å². The second-order valence-corrected chi connectivity index (χ2v) is 6.69. The number of anilines is 1. The van der Waals surface area contributed by atoms with Crippen LogP contribution in [-0.4, -0.2) is 39.2 Å². The lowest BCUT2D eigenvalue weighted by Gasteiger charge is -2.22. The van der Waals surface area contributed by atoms with Crippen molar-refractivity contribution in [2.45, 2.75) is 12.8 Å². The molecule has 1 saturated heterocycles. The molecule has 1 aliphatic rings. The van der Waals surface area contributed by atoms with E-state index in [1.54, 1.807) is 24.4 Å². The van der Waals surface area contributed by atoms with Crippen molar-refractivity contribution >= 4 is 28.7 Å². The Morgan fingerprint density at radius 2 is 2.16 bits per heavy atom. The summed E-state index contributed by atoms with van der Waals surface area (Å²) in [5.41, 5.74) is 1.54. The molecule has 1 aliphatic heterocycles. The van der Waals surface area contributed by atoms with Crippen LogP contribution in [0.5, 0.6) is 0 Å². The Kier molecular flexibility index (Phi) is 4.42. The zero-order chi connectivity index (χ0) is 17.2. The van der Waals surface area contributed by atoms with Crippen molar-refractivity contribution in [3.63, 3.8) is 0 Å². The SMILES string of the molecule is O=c1[nH]c2cnc(NCC3CCNCC3)nc2n1-c1cccc(Cl)c1. The number of piperidine rings is 1. The van der Waals surface area contributed by atoms with Gasteiger partial charge in [-0.25, -0.2) is 14.3 Å². The van der Waals surface area contributed by atoms with Crippen molar-refractivity contribution in [2.75, 3.05) is 25.0 Å². The van der Waals surface area contributed by atoms with Gasteiger partial charge in [0.2, 0.25) is 5.95 Å². The van der Waals surface area contributed by atoms with Gasteiger partial charge < -0.3 is 15.6 Å².